The zero-order valence-corrected chi connectivity index (χ0v) is 22.5. The van der Waals surface area contributed by atoms with Gasteiger partial charge in [0.2, 0.25) is 0 Å². The van der Waals surface area contributed by atoms with E-state index in [1.807, 2.05) is 85.9 Å². The van der Waals surface area contributed by atoms with Gasteiger partial charge in [0.15, 0.2) is 0 Å². The van der Waals surface area contributed by atoms with E-state index in [0.29, 0.717) is 12.2 Å². The van der Waals surface area contributed by atoms with E-state index >= 15 is 0 Å². The summed E-state index contributed by atoms with van der Waals surface area (Å²) in [5.41, 5.74) is 7.59. The van der Waals surface area contributed by atoms with Crippen LogP contribution in [0.3, 0.4) is 0 Å². The lowest BCUT2D eigenvalue weighted by atomic mass is 10.1. The third kappa shape index (κ3) is 5.57. The lowest BCUT2D eigenvalue weighted by Gasteiger charge is -2.15. The highest BCUT2D eigenvalue weighted by Crippen LogP contribution is 2.35. The first kappa shape index (κ1) is 24.7. The van der Waals surface area contributed by atoms with Crippen LogP contribution in [0, 0.1) is 3.57 Å². The fourth-order valence-corrected chi connectivity index (χ4v) is 4.80. The Labute approximate surface area is 230 Å². The van der Waals surface area contributed by atoms with E-state index in [1.165, 1.54) is 0 Å². The number of carbonyl (C=O) groups excluding carboxylic acids is 1. The van der Waals surface area contributed by atoms with E-state index in [9.17, 15) is 4.79 Å². The predicted molar refractivity (Wildman–Crippen MR) is 159 cm³/mol. The fraction of sp³-hybridized carbons (Fsp3) is 0.0625. The molecule has 4 aromatic carbocycles. The van der Waals surface area contributed by atoms with Crippen molar-refractivity contribution in [3.05, 3.63) is 130 Å². The summed E-state index contributed by atoms with van der Waals surface area (Å²) in [5, 5.41) is 0. The van der Waals surface area contributed by atoms with Gasteiger partial charge in [-0.25, -0.2) is 4.79 Å². The molecule has 5 heteroatoms. The molecule has 0 radical (unpaired) electrons. The molecule has 0 aliphatic rings. The van der Waals surface area contributed by atoms with Gasteiger partial charge in [-0.1, -0.05) is 66.7 Å². The van der Waals surface area contributed by atoms with Crippen molar-refractivity contribution in [2.24, 2.45) is 4.99 Å². The summed E-state index contributed by atoms with van der Waals surface area (Å²) < 4.78 is 8.55. The molecule has 0 fully saturated rings. The maximum Gasteiger partial charge on any atom is 0.338 e. The Hall–Kier alpha value is -3.97. The second kappa shape index (κ2) is 11.4. The Kier molecular flexibility index (Phi) is 7.61. The molecule has 1 heterocycles. The van der Waals surface area contributed by atoms with E-state index in [-0.39, 0.29) is 5.97 Å². The molecular weight excluding hydrogens is 571 g/mol. The van der Waals surface area contributed by atoms with Gasteiger partial charge in [0.05, 0.1) is 29.2 Å². The maximum atomic E-state index is 12.3. The molecule has 0 saturated heterocycles. The fourth-order valence-electron chi connectivity index (χ4n) is 4.27. The second-order valence-electron chi connectivity index (χ2n) is 8.41. The summed E-state index contributed by atoms with van der Waals surface area (Å²) in [7, 11) is 0. The second-order valence-corrected chi connectivity index (χ2v) is 9.65. The Morgan fingerprint density at radius 2 is 1.51 bits per heavy atom. The van der Waals surface area contributed by atoms with Gasteiger partial charge in [-0.05, 0) is 89.2 Å². The number of nitrogens with zero attached hydrogens (tertiary/aromatic N) is 2. The van der Waals surface area contributed by atoms with Crippen LogP contribution in [0.1, 0.15) is 22.8 Å². The van der Waals surface area contributed by atoms with Crippen LogP contribution < -0.4 is 0 Å². The Bertz CT molecular complexity index is 1540. The van der Waals surface area contributed by atoms with Crippen molar-refractivity contribution in [1.29, 1.82) is 0 Å². The van der Waals surface area contributed by atoms with Gasteiger partial charge in [-0.15, -0.1) is 0 Å². The molecule has 0 aliphatic heterocycles. The molecule has 0 unspecified atom stereocenters. The van der Waals surface area contributed by atoms with Crippen LogP contribution in [-0.4, -0.2) is 23.4 Å². The van der Waals surface area contributed by atoms with Crippen LogP contribution in [0.15, 0.2) is 120 Å². The standard InChI is InChI=1S/C32H25IN2O2/c1-2-37-32(36)25-16-18-29(19-17-25)35-30(23-10-5-3-6-11-23)20-26(31(35)24-12-7-4-8-13-24)22-34-28-15-9-14-27(33)21-28/h3-22H,2H2,1H3. The van der Waals surface area contributed by atoms with Crippen LogP contribution in [0.5, 0.6) is 0 Å². The van der Waals surface area contributed by atoms with Crippen molar-refractivity contribution in [2.45, 2.75) is 6.92 Å². The lowest BCUT2D eigenvalue weighted by molar-refractivity contribution is 0.0526. The number of ether oxygens (including phenoxy) is 1. The topological polar surface area (TPSA) is 43.6 Å². The zero-order valence-electron chi connectivity index (χ0n) is 20.3. The van der Waals surface area contributed by atoms with E-state index in [2.05, 4.69) is 69.6 Å². The van der Waals surface area contributed by atoms with Crippen LogP contribution in [-0.2, 0) is 4.74 Å². The number of benzene rings is 4. The Morgan fingerprint density at radius 1 is 0.838 bits per heavy atom. The summed E-state index contributed by atoms with van der Waals surface area (Å²) in [6, 6.07) is 38.5. The molecule has 0 N–H and O–H groups in total. The molecule has 5 rings (SSSR count). The first-order chi connectivity index (χ1) is 18.1. The largest absolute Gasteiger partial charge is 0.462 e. The Balaban J connectivity index is 1.72. The van der Waals surface area contributed by atoms with Gasteiger partial charge in [0.25, 0.3) is 0 Å². The summed E-state index contributed by atoms with van der Waals surface area (Å²) in [6.45, 7) is 2.15. The number of hydrogen-bond donors (Lipinski definition) is 0. The quantitative estimate of drug-likeness (QED) is 0.108. The number of rotatable bonds is 7. The number of hydrogen-bond acceptors (Lipinski definition) is 3. The average molecular weight is 596 g/mol. The third-order valence-corrected chi connectivity index (χ3v) is 6.62. The van der Waals surface area contributed by atoms with Gasteiger partial charge in [-0.3, -0.25) is 4.99 Å². The van der Waals surface area contributed by atoms with Crippen molar-refractivity contribution in [3.8, 4) is 28.2 Å². The number of aromatic nitrogens is 1. The minimum atomic E-state index is -0.321. The molecule has 0 aliphatic carbocycles. The maximum absolute atomic E-state index is 12.3. The summed E-state index contributed by atoms with van der Waals surface area (Å²) in [4.78, 5) is 17.1. The molecule has 0 bridgehead atoms. The molecule has 0 amide bonds. The summed E-state index contributed by atoms with van der Waals surface area (Å²) in [5.74, 6) is -0.321. The SMILES string of the molecule is CCOC(=O)c1ccc(-n2c(-c3ccccc3)cc(C=Nc3cccc(I)c3)c2-c2ccccc2)cc1. The van der Waals surface area contributed by atoms with Crippen LogP contribution in [0.2, 0.25) is 0 Å². The lowest BCUT2D eigenvalue weighted by Crippen LogP contribution is -2.05. The number of aliphatic imine (C=N–C) groups is 1. The smallest absolute Gasteiger partial charge is 0.338 e. The first-order valence-electron chi connectivity index (χ1n) is 12.1. The van der Waals surface area contributed by atoms with E-state index in [4.69, 9.17) is 9.73 Å². The zero-order chi connectivity index (χ0) is 25.6. The molecule has 0 saturated carbocycles. The van der Waals surface area contributed by atoms with Gasteiger partial charge in [0, 0.05) is 21.0 Å². The van der Waals surface area contributed by atoms with E-state index < -0.39 is 0 Å². The monoisotopic (exact) mass is 596 g/mol. The molecule has 1 aromatic heterocycles. The highest BCUT2D eigenvalue weighted by molar-refractivity contribution is 14.1. The minimum absolute atomic E-state index is 0.321. The summed E-state index contributed by atoms with van der Waals surface area (Å²) in [6.07, 6.45) is 1.93. The van der Waals surface area contributed by atoms with Crippen molar-refractivity contribution < 1.29 is 9.53 Å². The van der Waals surface area contributed by atoms with Crippen molar-refractivity contribution in [2.75, 3.05) is 6.61 Å². The Morgan fingerprint density at radius 3 is 2.16 bits per heavy atom. The molecule has 37 heavy (non-hydrogen) atoms. The van der Waals surface area contributed by atoms with Crippen LogP contribution in [0.4, 0.5) is 5.69 Å². The molecule has 5 aromatic rings. The van der Waals surface area contributed by atoms with Gasteiger partial charge >= 0.3 is 5.97 Å². The molecule has 0 atom stereocenters. The van der Waals surface area contributed by atoms with Gasteiger partial charge in [-0.2, -0.15) is 0 Å². The summed E-state index contributed by atoms with van der Waals surface area (Å²) >= 11 is 2.30. The van der Waals surface area contributed by atoms with E-state index in [0.717, 1.165) is 43.0 Å². The molecule has 0 spiro atoms. The minimum Gasteiger partial charge on any atom is -0.462 e. The highest BCUT2D eigenvalue weighted by Gasteiger charge is 2.19. The van der Waals surface area contributed by atoms with Gasteiger partial charge in [0.1, 0.15) is 0 Å². The highest BCUT2D eigenvalue weighted by atomic mass is 127. The molecule has 4 nitrogen and oxygen atoms in total. The van der Waals surface area contributed by atoms with Crippen LogP contribution in [0.25, 0.3) is 28.2 Å². The van der Waals surface area contributed by atoms with Crippen LogP contribution >= 0.6 is 22.6 Å². The predicted octanol–water partition coefficient (Wildman–Crippen LogP) is 8.34. The van der Waals surface area contributed by atoms with Crippen molar-refractivity contribution in [1.82, 2.24) is 4.57 Å². The molecular formula is C32H25IN2O2. The van der Waals surface area contributed by atoms with Crippen molar-refractivity contribution >= 4 is 40.5 Å². The normalized spacial score (nSPS) is 11.1. The average Bonchev–Trinajstić information content (AvgIpc) is 3.33. The number of carbonyl (C=O) groups is 1. The number of halogens is 1. The molecule has 182 valence electrons. The van der Waals surface area contributed by atoms with Crippen molar-refractivity contribution in [3.63, 3.8) is 0 Å². The van der Waals surface area contributed by atoms with Gasteiger partial charge < -0.3 is 9.30 Å². The van der Waals surface area contributed by atoms with E-state index in [1.54, 1.807) is 0 Å². The third-order valence-electron chi connectivity index (χ3n) is 5.94. The number of esters is 1. The first-order valence-corrected chi connectivity index (χ1v) is 13.2.